The van der Waals surface area contributed by atoms with Gasteiger partial charge in [-0.25, -0.2) is 0 Å². The fourth-order valence-electron chi connectivity index (χ4n) is 1.60. The van der Waals surface area contributed by atoms with Crippen LogP contribution in [0.2, 0.25) is 0 Å². The van der Waals surface area contributed by atoms with Gasteiger partial charge < -0.3 is 15.8 Å². The molecule has 1 aliphatic rings. The van der Waals surface area contributed by atoms with Gasteiger partial charge in [-0.05, 0) is 18.1 Å². The summed E-state index contributed by atoms with van der Waals surface area (Å²) in [4.78, 5) is 11.7. The Hall–Kier alpha value is -1.71. The zero-order valence-electron chi connectivity index (χ0n) is 8.78. The Morgan fingerprint density at radius 3 is 2.87 bits per heavy atom. The molecule has 0 unspecified atom stereocenters. The molecule has 3 N–H and O–H groups in total. The Bertz CT molecular complexity index is 402. The van der Waals surface area contributed by atoms with Crippen molar-refractivity contribution in [3.05, 3.63) is 18.2 Å². The third-order valence-corrected chi connectivity index (χ3v) is 2.42. The summed E-state index contributed by atoms with van der Waals surface area (Å²) in [7, 11) is 0. The van der Waals surface area contributed by atoms with Gasteiger partial charge in [-0.2, -0.15) is 0 Å². The van der Waals surface area contributed by atoms with E-state index >= 15 is 0 Å². The van der Waals surface area contributed by atoms with E-state index in [9.17, 15) is 4.79 Å². The third-order valence-electron chi connectivity index (χ3n) is 2.42. The summed E-state index contributed by atoms with van der Waals surface area (Å²) in [6, 6.07) is 5.35. The highest BCUT2D eigenvalue weighted by molar-refractivity contribution is 6.00. The molecule has 0 fully saturated rings. The van der Waals surface area contributed by atoms with Gasteiger partial charge in [0.25, 0.3) is 5.91 Å². The number of hydrogen-bond donors (Lipinski definition) is 2. The van der Waals surface area contributed by atoms with Gasteiger partial charge in [-0.15, -0.1) is 0 Å². The van der Waals surface area contributed by atoms with Crippen molar-refractivity contribution in [2.75, 3.05) is 11.1 Å². The minimum Gasteiger partial charge on any atom is -0.478 e. The summed E-state index contributed by atoms with van der Waals surface area (Å²) >= 11 is 0. The van der Waals surface area contributed by atoms with E-state index in [1.807, 2.05) is 19.9 Å². The van der Waals surface area contributed by atoms with Crippen LogP contribution in [0.3, 0.4) is 0 Å². The van der Waals surface area contributed by atoms with Crippen LogP contribution >= 0.6 is 0 Å². The molecule has 1 aliphatic heterocycles. The topological polar surface area (TPSA) is 64.3 Å². The second-order valence-corrected chi connectivity index (χ2v) is 3.99. The average Bonchev–Trinajstić information content (AvgIpc) is 2.18. The van der Waals surface area contributed by atoms with E-state index < -0.39 is 6.10 Å². The Labute approximate surface area is 88.4 Å². The molecular weight excluding hydrogens is 192 g/mol. The van der Waals surface area contributed by atoms with Crippen LogP contribution in [0.25, 0.3) is 0 Å². The number of carbonyl (C=O) groups excluding carboxylic acids is 1. The fraction of sp³-hybridized carbons (Fsp3) is 0.364. The fourth-order valence-corrected chi connectivity index (χ4v) is 1.60. The molecule has 0 saturated carbocycles. The number of rotatable bonds is 1. The van der Waals surface area contributed by atoms with Crippen molar-refractivity contribution in [2.24, 2.45) is 5.92 Å². The van der Waals surface area contributed by atoms with E-state index in [1.54, 1.807) is 12.1 Å². The summed E-state index contributed by atoms with van der Waals surface area (Å²) < 4.78 is 5.59. The van der Waals surface area contributed by atoms with Crippen LogP contribution in [0.4, 0.5) is 11.4 Å². The SMILES string of the molecule is CC(C)[C@@H]1Oc2cccc(N)c2NC1=O. The molecular formula is C11H14N2O2. The quantitative estimate of drug-likeness (QED) is 0.686. The predicted octanol–water partition coefficient (Wildman–Crippen LogP) is 1.62. The highest BCUT2D eigenvalue weighted by atomic mass is 16.5. The van der Waals surface area contributed by atoms with Crippen LogP contribution in [0.15, 0.2) is 18.2 Å². The Kier molecular flexibility index (Phi) is 2.26. The van der Waals surface area contributed by atoms with Crippen molar-refractivity contribution < 1.29 is 9.53 Å². The van der Waals surface area contributed by atoms with Crippen molar-refractivity contribution in [3.63, 3.8) is 0 Å². The van der Waals surface area contributed by atoms with Crippen LogP contribution in [0.5, 0.6) is 5.75 Å². The first-order valence-electron chi connectivity index (χ1n) is 4.95. The van der Waals surface area contributed by atoms with Gasteiger partial charge in [0.2, 0.25) is 0 Å². The largest absolute Gasteiger partial charge is 0.478 e. The van der Waals surface area contributed by atoms with Crippen molar-refractivity contribution in [2.45, 2.75) is 20.0 Å². The second-order valence-electron chi connectivity index (χ2n) is 3.99. The number of benzene rings is 1. The first-order valence-corrected chi connectivity index (χ1v) is 4.95. The van der Waals surface area contributed by atoms with Crippen LogP contribution < -0.4 is 15.8 Å². The minimum atomic E-state index is -0.431. The highest BCUT2D eigenvalue weighted by Crippen LogP contribution is 2.35. The molecule has 1 atom stereocenters. The number of para-hydroxylation sites is 1. The number of amides is 1. The van der Waals surface area contributed by atoms with Crippen LogP contribution in [-0.2, 0) is 4.79 Å². The summed E-state index contributed by atoms with van der Waals surface area (Å²) in [5.41, 5.74) is 6.84. The standard InChI is InChI=1S/C11H14N2O2/c1-6(2)10-11(14)13-9-7(12)4-3-5-8(9)15-10/h3-6,10H,12H2,1-2H3,(H,13,14)/t10-/m0/s1. The summed E-state index contributed by atoms with van der Waals surface area (Å²) in [6.45, 7) is 3.89. The molecule has 1 aromatic rings. The Morgan fingerprint density at radius 1 is 1.47 bits per heavy atom. The number of hydrogen-bond acceptors (Lipinski definition) is 3. The molecule has 80 valence electrons. The number of ether oxygens (including phenoxy) is 1. The van der Waals surface area contributed by atoms with E-state index in [0.29, 0.717) is 17.1 Å². The molecule has 4 nitrogen and oxygen atoms in total. The maximum Gasteiger partial charge on any atom is 0.265 e. The maximum atomic E-state index is 11.7. The number of nitrogens with one attached hydrogen (secondary N) is 1. The molecule has 0 bridgehead atoms. The smallest absolute Gasteiger partial charge is 0.265 e. The number of anilines is 2. The second kappa shape index (κ2) is 3.46. The molecule has 1 aromatic carbocycles. The lowest BCUT2D eigenvalue weighted by molar-refractivity contribution is -0.125. The third kappa shape index (κ3) is 1.63. The van der Waals surface area contributed by atoms with Gasteiger partial charge in [0, 0.05) is 0 Å². The minimum absolute atomic E-state index is 0.129. The molecule has 0 spiro atoms. The van der Waals surface area contributed by atoms with Crippen LogP contribution in [-0.4, -0.2) is 12.0 Å². The van der Waals surface area contributed by atoms with Crippen LogP contribution in [0.1, 0.15) is 13.8 Å². The molecule has 0 radical (unpaired) electrons. The lowest BCUT2D eigenvalue weighted by atomic mass is 10.0. The van der Waals surface area contributed by atoms with Crippen molar-refractivity contribution >= 4 is 17.3 Å². The van der Waals surface area contributed by atoms with E-state index in [1.165, 1.54) is 0 Å². The zero-order chi connectivity index (χ0) is 11.0. The lowest BCUT2D eigenvalue weighted by Gasteiger charge is -2.28. The van der Waals surface area contributed by atoms with Crippen molar-refractivity contribution in [1.29, 1.82) is 0 Å². The Morgan fingerprint density at radius 2 is 2.20 bits per heavy atom. The van der Waals surface area contributed by atoms with Gasteiger partial charge >= 0.3 is 0 Å². The van der Waals surface area contributed by atoms with Gasteiger partial charge in [0.1, 0.15) is 11.4 Å². The average molecular weight is 206 g/mol. The van der Waals surface area contributed by atoms with Gasteiger partial charge in [0.15, 0.2) is 6.10 Å². The number of nitrogen functional groups attached to an aromatic ring is 1. The number of nitrogens with two attached hydrogens (primary N) is 1. The lowest BCUT2D eigenvalue weighted by Crippen LogP contribution is -2.40. The molecule has 1 heterocycles. The first kappa shape index (κ1) is 9.83. The normalized spacial score (nSPS) is 19.4. The Balaban J connectivity index is 2.38. The van der Waals surface area contributed by atoms with Crippen molar-refractivity contribution in [1.82, 2.24) is 0 Å². The van der Waals surface area contributed by atoms with Crippen molar-refractivity contribution in [3.8, 4) is 5.75 Å². The van der Waals surface area contributed by atoms with E-state index in [2.05, 4.69) is 5.32 Å². The van der Waals surface area contributed by atoms with Gasteiger partial charge in [-0.3, -0.25) is 4.79 Å². The first-order chi connectivity index (χ1) is 7.09. The number of carbonyl (C=O) groups is 1. The van der Waals surface area contributed by atoms with Gasteiger partial charge in [0.05, 0.1) is 5.69 Å². The molecule has 4 heteroatoms. The van der Waals surface area contributed by atoms with Gasteiger partial charge in [-0.1, -0.05) is 19.9 Å². The molecule has 0 aromatic heterocycles. The molecule has 0 aliphatic carbocycles. The van der Waals surface area contributed by atoms with Crippen LogP contribution in [0, 0.1) is 5.92 Å². The van der Waals surface area contributed by atoms with E-state index in [0.717, 1.165) is 0 Å². The molecule has 15 heavy (non-hydrogen) atoms. The monoisotopic (exact) mass is 206 g/mol. The highest BCUT2D eigenvalue weighted by Gasteiger charge is 2.30. The molecule has 0 saturated heterocycles. The summed E-state index contributed by atoms with van der Waals surface area (Å²) in [6.07, 6.45) is -0.431. The molecule has 2 rings (SSSR count). The maximum absolute atomic E-state index is 11.7. The number of fused-ring (bicyclic) bond motifs is 1. The zero-order valence-corrected chi connectivity index (χ0v) is 8.78. The summed E-state index contributed by atoms with van der Waals surface area (Å²) in [5.74, 6) is 0.656. The predicted molar refractivity (Wildman–Crippen MR) is 58.7 cm³/mol. The molecule has 1 amide bonds. The van der Waals surface area contributed by atoms with E-state index in [4.69, 9.17) is 10.5 Å². The van der Waals surface area contributed by atoms with E-state index in [-0.39, 0.29) is 11.8 Å². The summed E-state index contributed by atoms with van der Waals surface area (Å²) in [5, 5.41) is 2.77.